The summed E-state index contributed by atoms with van der Waals surface area (Å²) in [6, 6.07) is 9.87. The van der Waals surface area contributed by atoms with Gasteiger partial charge in [-0.05, 0) is 25.1 Å². The molecule has 4 rings (SSSR count). The van der Waals surface area contributed by atoms with Gasteiger partial charge in [-0.2, -0.15) is 4.99 Å². The van der Waals surface area contributed by atoms with Crippen LogP contribution in [-0.2, 0) is 6.54 Å². The third-order valence-corrected chi connectivity index (χ3v) is 6.74. The number of ether oxygens (including phenoxy) is 2. The minimum Gasteiger partial charge on any atom is -0.497 e. The zero-order chi connectivity index (χ0) is 21.4. The summed E-state index contributed by atoms with van der Waals surface area (Å²) in [6.07, 6.45) is 0. The van der Waals surface area contributed by atoms with Crippen LogP contribution in [0.4, 0.5) is 5.69 Å². The van der Waals surface area contributed by atoms with Crippen LogP contribution in [0.15, 0.2) is 41.4 Å². The second-order valence-corrected chi connectivity index (χ2v) is 8.41. The number of nitro benzene ring substituents is 1. The van der Waals surface area contributed by atoms with Crippen LogP contribution in [-0.4, -0.2) is 29.6 Å². The minimum absolute atomic E-state index is 0.00869. The van der Waals surface area contributed by atoms with E-state index >= 15 is 0 Å². The number of fused-ring (bicyclic) bond motifs is 2. The number of carbonyl (C=O) groups is 1. The molecule has 0 unspecified atom stereocenters. The molecule has 2 aromatic heterocycles. The van der Waals surface area contributed by atoms with E-state index < -0.39 is 10.8 Å². The van der Waals surface area contributed by atoms with Gasteiger partial charge in [-0.3, -0.25) is 14.9 Å². The molecule has 0 saturated heterocycles. The Morgan fingerprint density at radius 3 is 2.60 bits per heavy atom. The monoisotopic (exact) mass is 443 g/mol. The lowest BCUT2D eigenvalue weighted by molar-refractivity contribution is -0.384. The fourth-order valence-electron chi connectivity index (χ4n) is 3.19. The third kappa shape index (κ3) is 3.44. The predicted molar refractivity (Wildman–Crippen MR) is 117 cm³/mol. The molecular formula is C20H17N3O5S2. The standard InChI is InChI=1S/C20H17N3O5S2/c1-4-22-18-14(28-3)9-13(27-2)10-16(18)30-20(22)21-19(24)17-8-11-7-12(23(25)26)5-6-15(11)29-17/h5-10H,4H2,1-3H3. The fourth-order valence-corrected chi connectivity index (χ4v) is 5.26. The van der Waals surface area contributed by atoms with Crippen molar-refractivity contribution in [3.05, 3.63) is 56.2 Å². The van der Waals surface area contributed by atoms with E-state index in [0.717, 1.165) is 14.9 Å². The van der Waals surface area contributed by atoms with E-state index in [9.17, 15) is 14.9 Å². The Bertz CT molecular complexity index is 1370. The normalized spacial score (nSPS) is 11.9. The molecule has 154 valence electrons. The Hall–Kier alpha value is -3.24. The Morgan fingerprint density at radius 1 is 1.13 bits per heavy atom. The molecule has 10 heteroatoms. The molecule has 0 fully saturated rings. The van der Waals surface area contributed by atoms with Crippen LogP contribution in [0.25, 0.3) is 20.3 Å². The number of aryl methyl sites for hydroxylation is 1. The Morgan fingerprint density at radius 2 is 1.93 bits per heavy atom. The predicted octanol–water partition coefficient (Wildman–Crippen LogP) is 4.60. The van der Waals surface area contributed by atoms with Gasteiger partial charge in [0.2, 0.25) is 0 Å². The molecule has 30 heavy (non-hydrogen) atoms. The second-order valence-electron chi connectivity index (χ2n) is 6.31. The second kappa shape index (κ2) is 7.88. The van der Waals surface area contributed by atoms with Crippen molar-refractivity contribution >= 4 is 54.6 Å². The molecular weight excluding hydrogens is 426 g/mol. The topological polar surface area (TPSA) is 96.0 Å². The third-order valence-electron chi connectivity index (χ3n) is 4.61. The van der Waals surface area contributed by atoms with Crippen molar-refractivity contribution in [1.82, 2.24) is 4.57 Å². The summed E-state index contributed by atoms with van der Waals surface area (Å²) in [5, 5.41) is 11.6. The van der Waals surface area contributed by atoms with Crippen LogP contribution in [0.3, 0.4) is 0 Å². The van der Waals surface area contributed by atoms with Crippen molar-refractivity contribution in [2.45, 2.75) is 13.5 Å². The summed E-state index contributed by atoms with van der Waals surface area (Å²) in [7, 11) is 3.17. The molecule has 2 heterocycles. The lowest BCUT2D eigenvalue weighted by Gasteiger charge is -2.08. The van der Waals surface area contributed by atoms with E-state index in [4.69, 9.17) is 9.47 Å². The number of thiophene rings is 1. The van der Waals surface area contributed by atoms with E-state index in [1.807, 2.05) is 17.6 Å². The summed E-state index contributed by atoms with van der Waals surface area (Å²) >= 11 is 2.64. The van der Waals surface area contributed by atoms with Crippen molar-refractivity contribution in [2.24, 2.45) is 4.99 Å². The van der Waals surface area contributed by atoms with E-state index in [0.29, 0.717) is 33.1 Å². The molecule has 0 aliphatic heterocycles. The zero-order valence-electron chi connectivity index (χ0n) is 16.4. The van der Waals surface area contributed by atoms with Crippen LogP contribution < -0.4 is 14.3 Å². The highest BCUT2D eigenvalue weighted by Crippen LogP contribution is 2.33. The molecule has 0 saturated carbocycles. The number of methoxy groups -OCH3 is 2. The van der Waals surface area contributed by atoms with E-state index in [2.05, 4.69) is 4.99 Å². The van der Waals surface area contributed by atoms with Gasteiger partial charge in [0.15, 0.2) is 4.80 Å². The first-order valence-corrected chi connectivity index (χ1v) is 10.6. The number of hydrogen-bond acceptors (Lipinski definition) is 7. The summed E-state index contributed by atoms with van der Waals surface area (Å²) in [5.74, 6) is 0.914. The number of carbonyl (C=O) groups excluding carboxylic acids is 1. The number of hydrogen-bond donors (Lipinski definition) is 0. The van der Waals surface area contributed by atoms with Gasteiger partial charge in [0.05, 0.1) is 28.7 Å². The fraction of sp³-hybridized carbons (Fsp3) is 0.200. The Labute approximate surface area is 178 Å². The van der Waals surface area contributed by atoms with Crippen LogP contribution >= 0.6 is 22.7 Å². The lowest BCUT2D eigenvalue weighted by Crippen LogP contribution is -2.15. The SMILES string of the molecule is CCn1c(=NC(=O)c2cc3cc([N+](=O)[O-])ccc3s2)sc2cc(OC)cc(OC)c21. The van der Waals surface area contributed by atoms with Crippen molar-refractivity contribution in [3.63, 3.8) is 0 Å². The average molecular weight is 444 g/mol. The quantitative estimate of drug-likeness (QED) is 0.332. The molecule has 1 amide bonds. The van der Waals surface area contributed by atoms with Crippen molar-refractivity contribution in [1.29, 1.82) is 0 Å². The first kappa shape index (κ1) is 20.0. The number of nitro groups is 1. The average Bonchev–Trinajstić information content (AvgIpc) is 3.32. The number of non-ortho nitro benzene ring substituents is 1. The Kier molecular flexibility index (Phi) is 5.27. The van der Waals surface area contributed by atoms with Crippen LogP contribution in [0.2, 0.25) is 0 Å². The maximum Gasteiger partial charge on any atom is 0.289 e. The van der Waals surface area contributed by atoms with Crippen molar-refractivity contribution in [3.8, 4) is 11.5 Å². The molecule has 0 bridgehead atoms. The molecule has 0 N–H and O–H groups in total. The van der Waals surface area contributed by atoms with E-state index in [1.165, 1.54) is 34.8 Å². The Balaban J connectivity index is 1.83. The summed E-state index contributed by atoms with van der Waals surface area (Å²) in [4.78, 5) is 28.7. The molecule has 0 aliphatic carbocycles. The van der Waals surface area contributed by atoms with Gasteiger partial charge in [0.25, 0.3) is 11.6 Å². The highest BCUT2D eigenvalue weighted by atomic mass is 32.1. The van der Waals surface area contributed by atoms with Gasteiger partial charge in [0.1, 0.15) is 17.0 Å². The van der Waals surface area contributed by atoms with Gasteiger partial charge in [-0.1, -0.05) is 11.3 Å². The first-order valence-electron chi connectivity index (χ1n) is 8.97. The van der Waals surface area contributed by atoms with E-state index in [-0.39, 0.29) is 5.69 Å². The van der Waals surface area contributed by atoms with Crippen LogP contribution in [0, 0.1) is 10.1 Å². The van der Waals surface area contributed by atoms with Crippen molar-refractivity contribution < 1.29 is 19.2 Å². The maximum atomic E-state index is 12.9. The number of nitrogens with zero attached hydrogens (tertiary/aromatic N) is 3. The summed E-state index contributed by atoms with van der Waals surface area (Å²) < 4.78 is 14.5. The molecule has 0 radical (unpaired) electrons. The number of rotatable bonds is 5. The van der Waals surface area contributed by atoms with Gasteiger partial charge in [0, 0.05) is 34.8 Å². The first-order chi connectivity index (χ1) is 14.4. The number of benzene rings is 2. The summed E-state index contributed by atoms with van der Waals surface area (Å²) in [5.41, 5.74) is 0.843. The largest absolute Gasteiger partial charge is 0.497 e. The van der Waals surface area contributed by atoms with E-state index in [1.54, 1.807) is 32.4 Å². The molecule has 8 nitrogen and oxygen atoms in total. The number of amides is 1. The van der Waals surface area contributed by atoms with Gasteiger partial charge in [-0.15, -0.1) is 11.3 Å². The van der Waals surface area contributed by atoms with Gasteiger partial charge in [-0.25, -0.2) is 0 Å². The molecule has 2 aromatic carbocycles. The lowest BCUT2D eigenvalue weighted by atomic mass is 10.2. The van der Waals surface area contributed by atoms with Crippen molar-refractivity contribution in [2.75, 3.05) is 14.2 Å². The van der Waals surface area contributed by atoms with Gasteiger partial charge >= 0.3 is 0 Å². The van der Waals surface area contributed by atoms with Crippen LogP contribution in [0.5, 0.6) is 11.5 Å². The van der Waals surface area contributed by atoms with Gasteiger partial charge < -0.3 is 14.0 Å². The minimum atomic E-state index is -0.452. The highest BCUT2D eigenvalue weighted by Gasteiger charge is 2.16. The highest BCUT2D eigenvalue weighted by molar-refractivity contribution is 7.21. The molecule has 0 atom stereocenters. The van der Waals surface area contributed by atoms with Crippen LogP contribution in [0.1, 0.15) is 16.6 Å². The molecule has 0 aliphatic rings. The number of thiazole rings is 1. The zero-order valence-corrected chi connectivity index (χ0v) is 18.0. The molecule has 0 spiro atoms. The smallest absolute Gasteiger partial charge is 0.289 e. The number of aromatic nitrogens is 1. The molecule has 4 aromatic rings. The maximum absolute atomic E-state index is 12.9. The summed E-state index contributed by atoms with van der Waals surface area (Å²) in [6.45, 7) is 2.57.